The second-order valence-corrected chi connectivity index (χ2v) is 4.47. The van der Waals surface area contributed by atoms with E-state index in [-0.39, 0.29) is 11.5 Å². The van der Waals surface area contributed by atoms with Crippen LogP contribution in [0.2, 0.25) is 0 Å². The Morgan fingerprint density at radius 3 is 3.13 bits per heavy atom. The number of hydrogen-bond acceptors (Lipinski definition) is 4. The number of carboxylic acid groups (broad SMARTS) is 1. The standard InChI is InChI=1S/C9H12N4O2/c14-8(15)6-1-9(2-7(9)12-6)3-13-5-10-4-11-13/h4-7,12H,1-3H2,(H,14,15). The molecule has 3 unspecified atom stereocenters. The van der Waals surface area contributed by atoms with Crippen LogP contribution in [0.4, 0.5) is 0 Å². The lowest BCUT2D eigenvalue weighted by atomic mass is 10.00. The van der Waals surface area contributed by atoms with Crippen molar-refractivity contribution in [2.75, 3.05) is 0 Å². The first kappa shape index (κ1) is 8.84. The summed E-state index contributed by atoms with van der Waals surface area (Å²) in [6.07, 6.45) is 4.94. The fourth-order valence-corrected chi connectivity index (χ4v) is 2.55. The average Bonchev–Trinajstić information content (AvgIpc) is 2.63. The summed E-state index contributed by atoms with van der Waals surface area (Å²) < 4.78 is 1.78. The van der Waals surface area contributed by atoms with Crippen LogP contribution in [0.3, 0.4) is 0 Å². The van der Waals surface area contributed by atoms with E-state index in [1.807, 2.05) is 0 Å². The molecule has 0 amide bonds. The van der Waals surface area contributed by atoms with Gasteiger partial charge in [-0.25, -0.2) is 4.98 Å². The van der Waals surface area contributed by atoms with Gasteiger partial charge in [0, 0.05) is 18.0 Å². The molecule has 1 aliphatic heterocycles. The van der Waals surface area contributed by atoms with Gasteiger partial charge < -0.3 is 10.4 Å². The van der Waals surface area contributed by atoms with E-state index in [0.29, 0.717) is 12.5 Å². The maximum absolute atomic E-state index is 10.8. The minimum absolute atomic E-state index is 0.108. The van der Waals surface area contributed by atoms with Crippen molar-refractivity contribution >= 4 is 5.97 Å². The zero-order valence-corrected chi connectivity index (χ0v) is 8.13. The predicted octanol–water partition coefficient (Wildman–Crippen LogP) is -0.517. The summed E-state index contributed by atoms with van der Waals surface area (Å²) >= 11 is 0. The summed E-state index contributed by atoms with van der Waals surface area (Å²) in [5.41, 5.74) is 0.108. The number of rotatable bonds is 3. The maximum Gasteiger partial charge on any atom is 0.320 e. The van der Waals surface area contributed by atoms with Gasteiger partial charge in [-0.2, -0.15) is 5.10 Å². The highest BCUT2D eigenvalue weighted by Gasteiger charge is 2.61. The second kappa shape index (κ2) is 2.79. The van der Waals surface area contributed by atoms with Crippen LogP contribution in [-0.2, 0) is 11.3 Å². The maximum atomic E-state index is 10.8. The summed E-state index contributed by atoms with van der Waals surface area (Å²) in [5, 5.41) is 16.1. The molecule has 2 aliphatic rings. The SMILES string of the molecule is O=C(O)C1CC2(Cn3cncn3)CC2N1. The third-order valence-electron chi connectivity index (χ3n) is 3.44. The van der Waals surface area contributed by atoms with Crippen LogP contribution in [0.1, 0.15) is 12.8 Å². The third-order valence-corrected chi connectivity index (χ3v) is 3.44. The minimum Gasteiger partial charge on any atom is -0.480 e. The molecule has 0 aromatic carbocycles. The highest BCUT2D eigenvalue weighted by atomic mass is 16.4. The monoisotopic (exact) mass is 208 g/mol. The van der Waals surface area contributed by atoms with E-state index in [0.717, 1.165) is 13.0 Å². The summed E-state index contributed by atoms with van der Waals surface area (Å²) in [5.74, 6) is -0.750. The zero-order valence-electron chi connectivity index (χ0n) is 8.13. The Morgan fingerprint density at radius 2 is 2.53 bits per heavy atom. The predicted molar refractivity (Wildman–Crippen MR) is 50.0 cm³/mol. The van der Waals surface area contributed by atoms with Crippen molar-refractivity contribution in [3.63, 3.8) is 0 Å². The number of carbonyl (C=O) groups is 1. The van der Waals surface area contributed by atoms with Crippen molar-refractivity contribution in [1.82, 2.24) is 20.1 Å². The topological polar surface area (TPSA) is 80.0 Å². The van der Waals surface area contributed by atoms with Gasteiger partial charge in [0.05, 0.1) is 0 Å². The molecule has 3 rings (SSSR count). The molecule has 0 spiro atoms. The van der Waals surface area contributed by atoms with Gasteiger partial charge in [-0.05, 0) is 12.8 Å². The first-order chi connectivity index (χ1) is 7.20. The van der Waals surface area contributed by atoms with E-state index in [4.69, 9.17) is 5.11 Å². The molecule has 1 aliphatic carbocycles. The molecule has 15 heavy (non-hydrogen) atoms. The fraction of sp³-hybridized carbons (Fsp3) is 0.667. The molecule has 6 heteroatoms. The number of aliphatic carboxylic acids is 1. The summed E-state index contributed by atoms with van der Waals surface area (Å²) in [4.78, 5) is 14.7. The smallest absolute Gasteiger partial charge is 0.320 e. The normalized spacial score (nSPS) is 37.6. The molecule has 2 fully saturated rings. The van der Waals surface area contributed by atoms with Crippen molar-refractivity contribution in [3.8, 4) is 0 Å². The van der Waals surface area contributed by atoms with Crippen molar-refractivity contribution in [3.05, 3.63) is 12.7 Å². The Balaban J connectivity index is 1.71. The molecule has 2 N–H and O–H groups in total. The first-order valence-electron chi connectivity index (χ1n) is 5.01. The Labute approximate surface area is 86.3 Å². The van der Waals surface area contributed by atoms with Crippen LogP contribution in [0.15, 0.2) is 12.7 Å². The van der Waals surface area contributed by atoms with E-state index in [9.17, 15) is 4.79 Å². The van der Waals surface area contributed by atoms with E-state index in [1.54, 1.807) is 11.0 Å². The second-order valence-electron chi connectivity index (χ2n) is 4.47. The first-order valence-corrected chi connectivity index (χ1v) is 5.01. The largest absolute Gasteiger partial charge is 0.480 e. The van der Waals surface area contributed by atoms with Crippen molar-refractivity contribution in [1.29, 1.82) is 0 Å². The number of piperidine rings is 1. The van der Waals surface area contributed by atoms with Gasteiger partial charge >= 0.3 is 5.97 Å². The highest BCUT2D eigenvalue weighted by molar-refractivity contribution is 5.74. The minimum atomic E-state index is -0.750. The van der Waals surface area contributed by atoms with Gasteiger partial charge in [-0.3, -0.25) is 9.48 Å². The van der Waals surface area contributed by atoms with E-state index >= 15 is 0 Å². The van der Waals surface area contributed by atoms with Gasteiger partial charge in [-0.15, -0.1) is 0 Å². The fourth-order valence-electron chi connectivity index (χ4n) is 2.55. The van der Waals surface area contributed by atoms with Crippen molar-refractivity contribution in [2.45, 2.75) is 31.5 Å². The molecule has 6 nitrogen and oxygen atoms in total. The number of carboxylic acids is 1. The third kappa shape index (κ3) is 1.32. The number of nitrogens with zero attached hydrogens (tertiary/aromatic N) is 3. The van der Waals surface area contributed by atoms with Gasteiger partial charge in [0.15, 0.2) is 0 Å². The van der Waals surface area contributed by atoms with Crippen molar-refractivity contribution in [2.24, 2.45) is 5.41 Å². The molecule has 1 aromatic heterocycles. The van der Waals surface area contributed by atoms with Crippen LogP contribution in [0, 0.1) is 5.41 Å². The Kier molecular flexibility index (Phi) is 1.64. The zero-order chi connectivity index (χ0) is 10.5. The molecule has 1 saturated heterocycles. The van der Waals surface area contributed by atoms with Crippen LogP contribution < -0.4 is 5.32 Å². The van der Waals surface area contributed by atoms with E-state index in [2.05, 4.69) is 15.4 Å². The molecule has 1 aromatic rings. The molecule has 0 bridgehead atoms. The van der Waals surface area contributed by atoms with Gasteiger partial charge in [0.2, 0.25) is 0 Å². The van der Waals surface area contributed by atoms with Gasteiger partial charge in [0.25, 0.3) is 0 Å². The number of nitrogens with one attached hydrogen (secondary N) is 1. The Hall–Kier alpha value is -1.43. The molecule has 80 valence electrons. The van der Waals surface area contributed by atoms with Crippen LogP contribution in [0.25, 0.3) is 0 Å². The molecule has 2 heterocycles. The number of aromatic nitrogens is 3. The molecule has 0 radical (unpaired) electrons. The van der Waals surface area contributed by atoms with Crippen molar-refractivity contribution < 1.29 is 9.90 Å². The lowest BCUT2D eigenvalue weighted by molar-refractivity contribution is -0.139. The summed E-state index contributed by atoms with van der Waals surface area (Å²) in [6, 6.07) is -0.0323. The lowest BCUT2D eigenvalue weighted by Crippen LogP contribution is -2.33. The quantitative estimate of drug-likeness (QED) is 0.699. The Bertz CT molecular complexity index is 391. The molecule has 3 atom stereocenters. The molecular formula is C9H12N4O2. The average molecular weight is 208 g/mol. The number of hydrogen-bond donors (Lipinski definition) is 2. The van der Waals surface area contributed by atoms with Crippen LogP contribution >= 0.6 is 0 Å². The molecule has 1 saturated carbocycles. The number of fused-ring (bicyclic) bond motifs is 1. The van der Waals surface area contributed by atoms with Crippen LogP contribution in [0.5, 0.6) is 0 Å². The summed E-state index contributed by atoms with van der Waals surface area (Å²) in [6.45, 7) is 0.772. The van der Waals surface area contributed by atoms with Crippen LogP contribution in [-0.4, -0.2) is 37.9 Å². The van der Waals surface area contributed by atoms with E-state index < -0.39 is 5.97 Å². The van der Waals surface area contributed by atoms with Gasteiger partial charge in [-0.1, -0.05) is 0 Å². The van der Waals surface area contributed by atoms with Gasteiger partial charge in [0.1, 0.15) is 18.7 Å². The van der Waals surface area contributed by atoms with E-state index in [1.165, 1.54) is 6.33 Å². The lowest BCUT2D eigenvalue weighted by Gasteiger charge is -2.12. The highest BCUT2D eigenvalue weighted by Crippen LogP contribution is 2.55. The summed E-state index contributed by atoms with van der Waals surface area (Å²) in [7, 11) is 0. The Morgan fingerprint density at radius 1 is 1.67 bits per heavy atom. The molecular weight excluding hydrogens is 196 g/mol.